The van der Waals surface area contributed by atoms with Gasteiger partial charge in [-0.05, 0) is 5.41 Å². The van der Waals surface area contributed by atoms with Gasteiger partial charge in [0.2, 0.25) is 5.91 Å². The van der Waals surface area contributed by atoms with Gasteiger partial charge in [0.15, 0.2) is 0 Å². The largest absolute Gasteiger partial charge is 0.481 e. The number of nitrogens with one attached hydrogen (secondary N) is 2. The summed E-state index contributed by atoms with van der Waals surface area (Å²) in [6.45, 7) is 6.98. The first-order valence-corrected chi connectivity index (χ1v) is 5.17. The van der Waals surface area contributed by atoms with Crippen molar-refractivity contribution < 1.29 is 19.5 Å². The van der Waals surface area contributed by atoms with Crippen LogP contribution in [0.4, 0.5) is 4.79 Å². The van der Waals surface area contributed by atoms with Crippen LogP contribution in [0.15, 0.2) is 12.7 Å². The molecule has 3 N–H and O–H groups in total. The SMILES string of the molecule is C=CCNC(=O)NC(=O)CC(C)(C)CC(=O)O. The minimum Gasteiger partial charge on any atom is -0.481 e. The number of urea groups is 1. The Morgan fingerprint density at radius 3 is 2.35 bits per heavy atom. The Morgan fingerprint density at radius 2 is 1.88 bits per heavy atom. The Bertz CT molecular complexity index is 323. The first kappa shape index (κ1) is 15.2. The van der Waals surface area contributed by atoms with E-state index in [1.807, 2.05) is 0 Å². The van der Waals surface area contributed by atoms with Gasteiger partial charge < -0.3 is 10.4 Å². The average Bonchev–Trinajstić information content (AvgIpc) is 2.10. The molecule has 3 amide bonds. The summed E-state index contributed by atoms with van der Waals surface area (Å²) < 4.78 is 0. The van der Waals surface area contributed by atoms with Crippen molar-refractivity contribution in [3.05, 3.63) is 12.7 Å². The number of amides is 3. The molecule has 6 heteroatoms. The Kier molecular flexibility index (Phi) is 5.95. The van der Waals surface area contributed by atoms with Gasteiger partial charge >= 0.3 is 12.0 Å². The number of hydrogen-bond acceptors (Lipinski definition) is 3. The lowest BCUT2D eigenvalue weighted by Gasteiger charge is -2.21. The highest BCUT2D eigenvalue weighted by Gasteiger charge is 2.25. The van der Waals surface area contributed by atoms with Crippen LogP contribution in [0, 0.1) is 5.41 Å². The molecular formula is C11H18N2O4. The monoisotopic (exact) mass is 242 g/mol. The highest BCUT2D eigenvalue weighted by atomic mass is 16.4. The Morgan fingerprint density at radius 1 is 1.29 bits per heavy atom. The Balaban J connectivity index is 4.12. The lowest BCUT2D eigenvalue weighted by Crippen LogP contribution is -2.41. The highest BCUT2D eigenvalue weighted by Crippen LogP contribution is 2.24. The number of rotatable bonds is 6. The zero-order valence-corrected chi connectivity index (χ0v) is 10.1. The van der Waals surface area contributed by atoms with Crippen LogP contribution in [0.25, 0.3) is 0 Å². The molecule has 0 saturated heterocycles. The van der Waals surface area contributed by atoms with Gasteiger partial charge in [-0.2, -0.15) is 0 Å². The summed E-state index contributed by atoms with van der Waals surface area (Å²) >= 11 is 0. The van der Waals surface area contributed by atoms with Crippen molar-refractivity contribution in [2.75, 3.05) is 6.54 Å². The van der Waals surface area contributed by atoms with Crippen LogP contribution in [-0.2, 0) is 9.59 Å². The smallest absolute Gasteiger partial charge is 0.321 e. The van der Waals surface area contributed by atoms with Gasteiger partial charge in [-0.25, -0.2) is 4.79 Å². The molecule has 0 unspecified atom stereocenters. The number of carboxylic acid groups (broad SMARTS) is 1. The summed E-state index contributed by atoms with van der Waals surface area (Å²) in [5.74, 6) is -1.48. The molecule has 0 bridgehead atoms. The van der Waals surface area contributed by atoms with Crippen LogP contribution in [0.3, 0.4) is 0 Å². The predicted octanol–water partition coefficient (Wildman–Crippen LogP) is 0.889. The first-order valence-electron chi connectivity index (χ1n) is 5.17. The van der Waals surface area contributed by atoms with Gasteiger partial charge in [0.25, 0.3) is 0 Å². The van der Waals surface area contributed by atoms with E-state index in [9.17, 15) is 14.4 Å². The van der Waals surface area contributed by atoms with Crippen LogP contribution >= 0.6 is 0 Å². The quantitative estimate of drug-likeness (QED) is 0.603. The lowest BCUT2D eigenvalue weighted by molar-refractivity contribution is -0.139. The van der Waals surface area contributed by atoms with E-state index in [1.54, 1.807) is 13.8 Å². The first-order chi connectivity index (χ1) is 7.76. The fourth-order valence-corrected chi connectivity index (χ4v) is 1.29. The molecule has 0 aliphatic rings. The van der Waals surface area contributed by atoms with E-state index < -0.39 is 23.3 Å². The lowest BCUT2D eigenvalue weighted by atomic mass is 9.85. The van der Waals surface area contributed by atoms with Gasteiger partial charge in [-0.1, -0.05) is 19.9 Å². The number of hydrogen-bond donors (Lipinski definition) is 3. The number of carbonyl (C=O) groups excluding carboxylic acids is 2. The summed E-state index contributed by atoms with van der Waals surface area (Å²) in [4.78, 5) is 33.1. The van der Waals surface area contributed by atoms with Gasteiger partial charge in [0.05, 0.1) is 6.42 Å². The van der Waals surface area contributed by atoms with E-state index in [-0.39, 0.29) is 19.4 Å². The summed E-state index contributed by atoms with van der Waals surface area (Å²) in [5, 5.41) is 13.1. The van der Waals surface area contributed by atoms with Crippen molar-refractivity contribution in [2.45, 2.75) is 26.7 Å². The summed E-state index contributed by atoms with van der Waals surface area (Å²) in [6.07, 6.45) is 1.33. The second-order valence-electron chi connectivity index (χ2n) is 4.46. The molecule has 96 valence electrons. The van der Waals surface area contributed by atoms with Crippen molar-refractivity contribution >= 4 is 17.9 Å². The fraction of sp³-hybridized carbons (Fsp3) is 0.545. The van der Waals surface area contributed by atoms with Gasteiger partial charge in [-0.15, -0.1) is 6.58 Å². The van der Waals surface area contributed by atoms with Crippen LogP contribution in [0.1, 0.15) is 26.7 Å². The van der Waals surface area contributed by atoms with Crippen LogP contribution in [0.2, 0.25) is 0 Å². The normalized spacial score (nSPS) is 10.5. The van der Waals surface area contributed by atoms with Gasteiger partial charge in [0.1, 0.15) is 0 Å². The number of carbonyl (C=O) groups is 3. The number of aliphatic carboxylic acids is 1. The number of imide groups is 1. The van der Waals surface area contributed by atoms with Crippen molar-refractivity contribution in [1.82, 2.24) is 10.6 Å². The molecule has 17 heavy (non-hydrogen) atoms. The zero-order valence-electron chi connectivity index (χ0n) is 10.1. The summed E-state index contributed by atoms with van der Waals surface area (Å²) in [5.41, 5.74) is -0.686. The fourth-order valence-electron chi connectivity index (χ4n) is 1.29. The van der Waals surface area contributed by atoms with Crippen molar-refractivity contribution in [2.24, 2.45) is 5.41 Å². The maximum Gasteiger partial charge on any atom is 0.321 e. The minimum atomic E-state index is -0.973. The van der Waals surface area contributed by atoms with Crippen LogP contribution in [0.5, 0.6) is 0 Å². The molecule has 6 nitrogen and oxygen atoms in total. The third kappa shape index (κ3) is 8.01. The minimum absolute atomic E-state index is 0.0270. The maximum atomic E-state index is 11.4. The van der Waals surface area contributed by atoms with Crippen LogP contribution < -0.4 is 10.6 Å². The number of carboxylic acids is 1. The van der Waals surface area contributed by atoms with E-state index in [4.69, 9.17) is 5.11 Å². The molecule has 0 heterocycles. The predicted molar refractivity (Wildman–Crippen MR) is 62.4 cm³/mol. The summed E-state index contributed by atoms with van der Waals surface area (Å²) in [6, 6.07) is -0.610. The topological polar surface area (TPSA) is 95.5 Å². The van der Waals surface area contributed by atoms with Crippen molar-refractivity contribution in [3.8, 4) is 0 Å². The van der Waals surface area contributed by atoms with E-state index in [1.165, 1.54) is 6.08 Å². The van der Waals surface area contributed by atoms with Gasteiger partial charge in [-0.3, -0.25) is 14.9 Å². The molecule has 0 aromatic carbocycles. The molecule has 0 saturated carbocycles. The molecule has 0 radical (unpaired) electrons. The zero-order chi connectivity index (χ0) is 13.5. The molecule has 0 atom stereocenters. The molecule has 0 aliphatic carbocycles. The Hall–Kier alpha value is -1.85. The molecule has 0 aliphatic heterocycles. The molecule has 0 fully saturated rings. The van der Waals surface area contributed by atoms with Crippen molar-refractivity contribution in [3.63, 3.8) is 0 Å². The molecule has 0 spiro atoms. The second kappa shape index (κ2) is 6.67. The van der Waals surface area contributed by atoms with Crippen LogP contribution in [-0.4, -0.2) is 29.6 Å². The molecule has 0 aromatic heterocycles. The summed E-state index contributed by atoms with van der Waals surface area (Å²) in [7, 11) is 0. The van der Waals surface area contributed by atoms with Crippen molar-refractivity contribution in [1.29, 1.82) is 0 Å². The molecule has 0 aromatic rings. The van der Waals surface area contributed by atoms with E-state index in [2.05, 4.69) is 17.2 Å². The Labute approximate surface area is 100 Å². The van der Waals surface area contributed by atoms with E-state index in [0.29, 0.717) is 0 Å². The second-order valence-corrected chi connectivity index (χ2v) is 4.46. The maximum absolute atomic E-state index is 11.4. The third-order valence-corrected chi connectivity index (χ3v) is 1.93. The standard InChI is InChI=1S/C11H18N2O4/c1-4-5-12-10(17)13-8(14)6-11(2,3)7-9(15)16/h4H,1,5-7H2,2-3H3,(H,15,16)(H2,12,13,14,17). The van der Waals surface area contributed by atoms with E-state index >= 15 is 0 Å². The van der Waals surface area contributed by atoms with Gasteiger partial charge in [0, 0.05) is 13.0 Å². The molecular weight excluding hydrogens is 224 g/mol. The average molecular weight is 242 g/mol. The van der Waals surface area contributed by atoms with E-state index in [0.717, 1.165) is 0 Å². The highest BCUT2D eigenvalue weighted by molar-refractivity contribution is 5.94. The molecule has 0 rings (SSSR count). The third-order valence-electron chi connectivity index (χ3n) is 1.93.